The van der Waals surface area contributed by atoms with Gasteiger partial charge in [-0.15, -0.1) is 0 Å². The van der Waals surface area contributed by atoms with Gasteiger partial charge in [0.15, 0.2) is 0 Å². The van der Waals surface area contributed by atoms with Gasteiger partial charge >= 0.3 is 0 Å². The van der Waals surface area contributed by atoms with E-state index in [9.17, 15) is 0 Å². The quantitative estimate of drug-likeness (QED) is 0.691. The summed E-state index contributed by atoms with van der Waals surface area (Å²) in [5, 5.41) is 0. The zero-order chi connectivity index (χ0) is 11.8. The third kappa shape index (κ3) is 3.96. The fourth-order valence-corrected chi connectivity index (χ4v) is 1.50. The second-order valence-electron chi connectivity index (χ2n) is 3.73. The van der Waals surface area contributed by atoms with Crippen LogP contribution in [0.2, 0.25) is 0 Å². The maximum Gasteiger partial charge on any atom is 0.134 e. The molecule has 1 aromatic rings. The lowest BCUT2D eigenvalue weighted by Crippen LogP contribution is -2.29. The first-order valence-electron chi connectivity index (χ1n) is 5.69. The molecule has 0 aliphatic carbocycles. The van der Waals surface area contributed by atoms with Crippen LogP contribution in [0.25, 0.3) is 0 Å². The summed E-state index contributed by atoms with van der Waals surface area (Å²) in [4.78, 5) is 0. The molecular weight excluding hydrogens is 206 g/mol. The number of nitrogens with two attached hydrogens (primary N) is 1. The number of ether oxygens (including phenoxy) is 2. The molecule has 0 aromatic carbocycles. The van der Waals surface area contributed by atoms with Gasteiger partial charge in [-0.2, -0.15) is 0 Å². The number of rotatable bonds is 8. The summed E-state index contributed by atoms with van der Waals surface area (Å²) in [7, 11) is 1.68. The summed E-state index contributed by atoms with van der Waals surface area (Å²) in [5.74, 6) is 0.798. The normalized spacial score (nSPS) is 14.9. The molecule has 1 aromatic heterocycles. The first kappa shape index (κ1) is 13.2. The molecule has 0 saturated heterocycles. The van der Waals surface area contributed by atoms with E-state index in [-0.39, 0.29) is 12.1 Å². The number of hydrogen-bond acceptors (Lipinski definition) is 4. The predicted octanol–water partition coefficient (Wildman–Crippen LogP) is 2.11. The molecule has 0 aliphatic heterocycles. The molecule has 0 spiro atoms. The Morgan fingerprint density at radius 1 is 1.44 bits per heavy atom. The van der Waals surface area contributed by atoms with Crippen molar-refractivity contribution in [3.8, 4) is 0 Å². The maximum atomic E-state index is 6.01. The molecule has 2 N–H and O–H groups in total. The van der Waals surface area contributed by atoms with Gasteiger partial charge in [0.25, 0.3) is 0 Å². The van der Waals surface area contributed by atoms with Crippen molar-refractivity contribution in [2.45, 2.75) is 31.9 Å². The van der Waals surface area contributed by atoms with Crippen molar-refractivity contribution in [1.29, 1.82) is 0 Å². The average molecular weight is 227 g/mol. The van der Waals surface area contributed by atoms with Gasteiger partial charge in [0.05, 0.1) is 6.26 Å². The minimum Gasteiger partial charge on any atom is -0.467 e. The zero-order valence-electron chi connectivity index (χ0n) is 10.0. The lowest BCUT2D eigenvalue weighted by atomic mass is 10.1. The van der Waals surface area contributed by atoms with Crippen molar-refractivity contribution in [1.82, 2.24) is 0 Å². The molecule has 0 fully saturated rings. The fourth-order valence-electron chi connectivity index (χ4n) is 1.50. The van der Waals surface area contributed by atoms with Crippen LogP contribution in [0.5, 0.6) is 0 Å². The molecular formula is C12H21NO3. The van der Waals surface area contributed by atoms with Gasteiger partial charge in [-0.05, 0) is 25.0 Å². The van der Waals surface area contributed by atoms with Crippen molar-refractivity contribution in [2.75, 3.05) is 20.3 Å². The maximum absolute atomic E-state index is 6.01. The van der Waals surface area contributed by atoms with E-state index in [1.807, 2.05) is 19.1 Å². The van der Waals surface area contributed by atoms with Crippen LogP contribution in [-0.4, -0.2) is 26.4 Å². The molecule has 0 bridgehead atoms. The summed E-state index contributed by atoms with van der Waals surface area (Å²) in [6.07, 6.45) is 3.21. The van der Waals surface area contributed by atoms with E-state index < -0.39 is 0 Å². The predicted molar refractivity (Wildman–Crippen MR) is 62.2 cm³/mol. The molecule has 0 amide bonds. The second kappa shape index (κ2) is 7.44. The van der Waals surface area contributed by atoms with Crippen LogP contribution in [0.4, 0.5) is 0 Å². The second-order valence-corrected chi connectivity index (χ2v) is 3.73. The molecule has 0 saturated carbocycles. The van der Waals surface area contributed by atoms with Gasteiger partial charge in [0.2, 0.25) is 0 Å². The van der Waals surface area contributed by atoms with E-state index in [0.29, 0.717) is 13.2 Å². The molecule has 1 rings (SSSR count). The Morgan fingerprint density at radius 3 is 2.81 bits per heavy atom. The fraction of sp³-hybridized carbons (Fsp3) is 0.667. The Labute approximate surface area is 96.7 Å². The Balaban J connectivity index is 2.45. The van der Waals surface area contributed by atoms with E-state index in [1.165, 1.54) is 0 Å². The van der Waals surface area contributed by atoms with Crippen LogP contribution in [0.15, 0.2) is 22.8 Å². The third-order valence-corrected chi connectivity index (χ3v) is 2.47. The highest BCUT2D eigenvalue weighted by atomic mass is 16.5. The van der Waals surface area contributed by atoms with Gasteiger partial charge < -0.3 is 19.6 Å². The topological polar surface area (TPSA) is 57.6 Å². The van der Waals surface area contributed by atoms with Gasteiger partial charge in [-0.1, -0.05) is 6.92 Å². The minimum absolute atomic E-state index is 0.0336. The number of hydrogen-bond donors (Lipinski definition) is 1. The van der Waals surface area contributed by atoms with E-state index in [4.69, 9.17) is 19.6 Å². The van der Waals surface area contributed by atoms with E-state index in [0.717, 1.165) is 18.6 Å². The van der Waals surface area contributed by atoms with Gasteiger partial charge in [-0.25, -0.2) is 0 Å². The largest absolute Gasteiger partial charge is 0.467 e. The molecule has 2 atom stereocenters. The van der Waals surface area contributed by atoms with E-state index in [1.54, 1.807) is 13.4 Å². The summed E-state index contributed by atoms with van der Waals surface area (Å²) >= 11 is 0. The standard InChI is InChI=1S/C12H21NO3/c1-3-10(13)12(11-6-4-8-15-11)16-9-5-7-14-2/h4,6,8,10,12H,3,5,7,9,13H2,1-2H3. The smallest absolute Gasteiger partial charge is 0.134 e. The lowest BCUT2D eigenvalue weighted by Gasteiger charge is -2.21. The van der Waals surface area contributed by atoms with Crippen molar-refractivity contribution < 1.29 is 13.9 Å². The molecule has 4 heteroatoms. The Hall–Kier alpha value is -0.840. The number of furan rings is 1. The highest BCUT2D eigenvalue weighted by molar-refractivity contribution is 5.04. The molecule has 16 heavy (non-hydrogen) atoms. The van der Waals surface area contributed by atoms with Crippen molar-refractivity contribution in [3.05, 3.63) is 24.2 Å². The van der Waals surface area contributed by atoms with Crippen LogP contribution < -0.4 is 5.73 Å². The SMILES string of the molecule is CCC(N)C(OCCCOC)c1ccco1. The van der Waals surface area contributed by atoms with Gasteiger partial charge in [0.1, 0.15) is 11.9 Å². The Kier molecular flexibility index (Phi) is 6.15. The minimum atomic E-state index is -0.156. The van der Waals surface area contributed by atoms with Crippen LogP contribution in [0, 0.1) is 0 Å². The van der Waals surface area contributed by atoms with E-state index in [2.05, 4.69) is 0 Å². The molecule has 0 aliphatic rings. The molecule has 4 nitrogen and oxygen atoms in total. The Bertz CT molecular complexity index is 261. The van der Waals surface area contributed by atoms with Crippen LogP contribution in [0.3, 0.4) is 0 Å². The monoisotopic (exact) mass is 227 g/mol. The summed E-state index contributed by atoms with van der Waals surface area (Å²) in [5.41, 5.74) is 6.01. The van der Waals surface area contributed by atoms with Crippen molar-refractivity contribution in [2.24, 2.45) is 5.73 Å². The lowest BCUT2D eigenvalue weighted by molar-refractivity contribution is 0.00958. The molecule has 0 radical (unpaired) electrons. The van der Waals surface area contributed by atoms with Crippen molar-refractivity contribution >= 4 is 0 Å². The van der Waals surface area contributed by atoms with Crippen LogP contribution >= 0.6 is 0 Å². The molecule has 92 valence electrons. The first-order valence-corrected chi connectivity index (χ1v) is 5.69. The van der Waals surface area contributed by atoms with Gasteiger partial charge in [-0.3, -0.25) is 0 Å². The zero-order valence-corrected chi connectivity index (χ0v) is 10.0. The molecule has 1 heterocycles. The Morgan fingerprint density at radius 2 is 2.25 bits per heavy atom. The number of methoxy groups -OCH3 is 1. The van der Waals surface area contributed by atoms with Gasteiger partial charge in [0, 0.05) is 26.4 Å². The van der Waals surface area contributed by atoms with Crippen molar-refractivity contribution in [3.63, 3.8) is 0 Å². The summed E-state index contributed by atoms with van der Waals surface area (Å²) in [6.45, 7) is 3.37. The van der Waals surface area contributed by atoms with E-state index >= 15 is 0 Å². The highest BCUT2D eigenvalue weighted by Crippen LogP contribution is 2.22. The summed E-state index contributed by atoms with van der Waals surface area (Å²) in [6, 6.07) is 3.72. The van der Waals surface area contributed by atoms with Crippen LogP contribution in [0.1, 0.15) is 31.6 Å². The third-order valence-electron chi connectivity index (χ3n) is 2.47. The highest BCUT2D eigenvalue weighted by Gasteiger charge is 2.21. The van der Waals surface area contributed by atoms with Crippen LogP contribution in [-0.2, 0) is 9.47 Å². The molecule has 2 unspecified atom stereocenters. The summed E-state index contributed by atoms with van der Waals surface area (Å²) < 4.78 is 16.0. The first-order chi connectivity index (χ1) is 7.79. The average Bonchev–Trinajstić information content (AvgIpc) is 2.82.